The number of aliphatic hydroxyl groups is 1. The Kier molecular flexibility index (Phi) is 10.1. The van der Waals surface area contributed by atoms with Crippen molar-refractivity contribution >= 4 is 17.8 Å². The quantitative estimate of drug-likeness (QED) is 0.347. The van der Waals surface area contributed by atoms with Crippen LogP contribution in [0.5, 0.6) is 11.5 Å². The van der Waals surface area contributed by atoms with E-state index in [1.165, 1.54) is 0 Å². The molecule has 0 saturated heterocycles. The molecule has 0 spiro atoms. The van der Waals surface area contributed by atoms with Crippen LogP contribution >= 0.6 is 0 Å². The first-order chi connectivity index (χ1) is 18.0. The number of carbonyl (C=O) groups is 2. The number of hydrogen-bond acceptors (Lipinski definition) is 7. The summed E-state index contributed by atoms with van der Waals surface area (Å²) in [6.45, 7) is 8.74. The lowest BCUT2D eigenvalue weighted by Gasteiger charge is -2.34. The number of carbonyl (C=O) groups excluding carboxylic acids is 1. The fraction of sp³-hybridized carbons (Fsp3) is 0.586. The molecule has 0 aliphatic carbocycles. The average Bonchev–Trinajstić information content (AvgIpc) is 2.99. The van der Waals surface area contributed by atoms with Gasteiger partial charge >= 0.3 is 12.1 Å². The van der Waals surface area contributed by atoms with Crippen LogP contribution in [0.1, 0.15) is 77.3 Å². The Bertz CT molecular complexity index is 1060. The number of nitrogens with one attached hydrogen (secondary N) is 1. The molecule has 2 atom stereocenters. The van der Waals surface area contributed by atoms with E-state index in [1.807, 2.05) is 37.8 Å². The van der Waals surface area contributed by atoms with E-state index in [0.717, 1.165) is 61.8 Å². The summed E-state index contributed by atoms with van der Waals surface area (Å²) >= 11 is 0. The summed E-state index contributed by atoms with van der Waals surface area (Å²) in [7, 11) is 1.60. The van der Waals surface area contributed by atoms with E-state index >= 15 is 0 Å². The summed E-state index contributed by atoms with van der Waals surface area (Å²) in [5, 5.41) is 22.8. The van der Waals surface area contributed by atoms with Gasteiger partial charge in [-0.1, -0.05) is 19.8 Å². The molecule has 210 valence electrons. The minimum absolute atomic E-state index is 0.0248. The summed E-state index contributed by atoms with van der Waals surface area (Å²) in [6.07, 6.45) is 7.81. The molecule has 38 heavy (non-hydrogen) atoms. The molecule has 2 heterocycles. The zero-order valence-electron chi connectivity index (χ0n) is 23.2. The van der Waals surface area contributed by atoms with Gasteiger partial charge in [-0.25, -0.2) is 9.59 Å². The van der Waals surface area contributed by atoms with Gasteiger partial charge in [0, 0.05) is 30.0 Å². The number of unbranched alkanes of at least 4 members (excludes halogenated alkanes) is 3. The smallest absolute Gasteiger partial charge is 0.407 e. The Balaban J connectivity index is 1.59. The summed E-state index contributed by atoms with van der Waals surface area (Å²) in [5.74, 6) is 0.162. The fourth-order valence-corrected chi connectivity index (χ4v) is 4.78. The summed E-state index contributed by atoms with van der Waals surface area (Å²) in [6, 6.07) is 4.06. The lowest BCUT2D eigenvalue weighted by atomic mass is 9.97. The van der Waals surface area contributed by atoms with Crippen LogP contribution in [0.4, 0.5) is 4.79 Å². The van der Waals surface area contributed by atoms with Crippen LogP contribution < -0.4 is 14.8 Å². The number of amides is 1. The predicted molar refractivity (Wildman–Crippen MR) is 145 cm³/mol. The number of aliphatic hydroxyl groups excluding tert-OH is 1. The van der Waals surface area contributed by atoms with Gasteiger partial charge in [0.1, 0.15) is 11.7 Å². The van der Waals surface area contributed by atoms with Gasteiger partial charge in [0.2, 0.25) is 0 Å². The average molecular weight is 531 g/mol. The second-order valence-corrected chi connectivity index (χ2v) is 10.7. The Morgan fingerprint density at radius 1 is 1.13 bits per heavy atom. The highest BCUT2D eigenvalue weighted by molar-refractivity contribution is 5.90. The van der Waals surface area contributed by atoms with E-state index in [9.17, 15) is 19.8 Å². The molecule has 1 amide bonds. The van der Waals surface area contributed by atoms with Crippen LogP contribution in [0.15, 0.2) is 30.0 Å². The summed E-state index contributed by atoms with van der Waals surface area (Å²) < 4.78 is 17.0. The van der Waals surface area contributed by atoms with Crippen molar-refractivity contribution in [1.82, 2.24) is 10.2 Å². The van der Waals surface area contributed by atoms with E-state index in [4.69, 9.17) is 14.2 Å². The molecular formula is C29H42N2O7. The van der Waals surface area contributed by atoms with Crippen molar-refractivity contribution in [2.45, 2.75) is 90.4 Å². The van der Waals surface area contributed by atoms with Gasteiger partial charge in [0.05, 0.1) is 19.3 Å². The van der Waals surface area contributed by atoms with Crippen LogP contribution in [0.25, 0.3) is 5.70 Å². The molecule has 9 heteroatoms. The van der Waals surface area contributed by atoms with E-state index in [-0.39, 0.29) is 17.7 Å². The zero-order valence-corrected chi connectivity index (χ0v) is 23.2. The number of carboxylic acid groups (broad SMARTS) is 1. The highest BCUT2D eigenvalue weighted by Gasteiger charge is 2.33. The third kappa shape index (κ3) is 7.66. The van der Waals surface area contributed by atoms with Crippen molar-refractivity contribution in [3.63, 3.8) is 0 Å². The first-order valence-corrected chi connectivity index (χ1v) is 13.5. The minimum Gasteiger partial charge on any atom is -0.493 e. The van der Waals surface area contributed by atoms with Crippen LogP contribution in [0.3, 0.4) is 0 Å². The number of ether oxygens (including phenoxy) is 3. The third-order valence-corrected chi connectivity index (χ3v) is 6.71. The Labute approximate surface area is 225 Å². The largest absolute Gasteiger partial charge is 0.493 e. The van der Waals surface area contributed by atoms with Gasteiger partial charge in [0.25, 0.3) is 0 Å². The first-order valence-electron chi connectivity index (χ1n) is 13.5. The standard InChI is InChI=1S/C29H42N2O7/c1-6-20-12-11-19-15-26(37-14-10-8-7-9-13-30-28(35)38-29(2,3)4)25(36-5)16-21(19)23-17-24(32)22(27(33)34)18-31(20)23/h15-18,20,24,32H,6-14H2,1-5H3,(H,30,35)(H,33,34). The van der Waals surface area contributed by atoms with Gasteiger partial charge in [0.15, 0.2) is 11.5 Å². The molecule has 0 saturated carbocycles. The molecule has 9 nitrogen and oxygen atoms in total. The summed E-state index contributed by atoms with van der Waals surface area (Å²) in [4.78, 5) is 25.3. The maximum atomic E-state index is 11.7. The molecule has 1 aromatic carbocycles. The van der Waals surface area contributed by atoms with Crippen LogP contribution in [0, 0.1) is 0 Å². The van der Waals surface area contributed by atoms with Crippen LogP contribution in [0.2, 0.25) is 0 Å². The van der Waals surface area contributed by atoms with E-state index in [0.29, 0.717) is 24.7 Å². The van der Waals surface area contributed by atoms with Gasteiger partial charge in [-0.3, -0.25) is 0 Å². The number of benzene rings is 1. The maximum absolute atomic E-state index is 11.7. The monoisotopic (exact) mass is 530 g/mol. The molecule has 2 aliphatic rings. The lowest BCUT2D eigenvalue weighted by molar-refractivity contribution is -0.133. The molecule has 0 fully saturated rings. The highest BCUT2D eigenvalue weighted by atomic mass is 16.6. The molecule has 2 aliphatic heterocycles. The SMILES string of the molecule is CCC1CCc2cc(OCCCCCCNC(=O)OC(C)(C)C)c(OC)cc2C2=CC(O)C(C(=O)O)=CN21. The molecular weight excluding hydrogens is 488 g/mol. The molecule has 2 unspecified atom stereocenters. The normalized spacial score (nSPS) is 18.8. The second kappa shape index (κ2) is 13.0. The number of fused-ring (bicyclic) bond motifs is 3. The number of hydrogen-bond donors (Lipinski definition) is 3. The van der Waals surface area contributed by atoms with E-state index < -0.39 is 17.7 Å². The van der Waals surface area contributed by atoms with Crippen molar-refractivity contribution in [2.24, 2.45) is 0 Å². The lowest BCUT2D eigenvalue weighted by Crippen LogP contribution is -2.34. The molecule has 3 rings (SSSR count). The fourth-order valence-electron chi connectivity index (χ4n) is 4.78. The number of aliphatic carboxylic acids is 1. The molecule has 0 aromatic heterocycles. The highest BCUT2D eigenvalue weighted by Crippen LogP contribution is 2.41. The number of alkyl carbamates (subject to hydrolysis) is 1. The third-order valence-electron chi connectivity index (χ3n) is 6.71. The maximum Gasteiger partial charge on any atom is 0.407 e. The van der Waals surface area contributed by atoms with Gasteiger partial charge in [-0.05, 0) is 76.6 Å². The molecule has 0 bridgehead atoms. The number of carboxylic acids is 1. The Morgan fingerprint density at radius 2 is 1.87 bits per heavy atom. The number of aryl methyl sites for hydroxylation is 1. The van der Waals surface area contributed by atoms with Crippen molar-refractivity contribution in [2.75, 3.05) is 20.3 Å². The zero-order chi connectivity index (χ0) is 27.9. The van der Waals surface area contributed by atoms with E-state index in [1.54, 1.807) is 19.4 Å². The van der Waals surface area contributed by atoms with Gasteiger partial charge < -0.3 is 34.6 Å². The molecule has 0 radical (unpaired) electrons. The van der Waals surface area contributed by atoms with Crippen molar-refractivity contribution in [3.05, 3.63) is 41.1 Å². The molecule has 3 N–H and O–H groups in total. The summed E-state index contributed by atoms with van der Waals surface area (Å²) in [5.41, 5.74) is 2.28. The second-order valence-electron chi connectivity index (χ2n) is 10.7. The minimum atomic E-state index is -1.18. The van der Waals surface area contributed by atoms with E-state index in [2.05, 4.69) is 12.2 Å². The first kappa shape index (κ1) is 29.4. The van der Waals surface area contributed by atoms with Gasteiger partial charge in [-0.15, -0.1) is 0 Å². The van der Waals surface area contributed by atoms with Crippen LogP contribution in [-0.4, -0.2) is 65.2 Å². The van der Waals surface area contributed by atoms with Crippen molar-refractivity contribution in [3.8, 4) is 11.5 Å². The Morgan fingerprint density at radius 3 is 2.53 bits per heavy atom. The number of methoxy groups -OCH3 is 1. The predicted octanol–water partition coefficient (Wildman–Crippen LogP) is 4.87. The van der Waals surface area contributed by atoms with Crippen LogP contribution in [-0.2, 0) is 16.0 Å². The number of nitrogens with zero attached hydrogens (tertiary/aromatic N) is 1. The Hall–Kier alpha value is -3.20. The molecule has 1 aromatic rings. The van der Waals surface area contributed by atoms with Crippen molar-refractivity contribution < 1.29 is 34.0 Å². The topological polar surface area (TPSA) is 118 Å². The van der Waals surface area contributed by atoms with Gasteiger partial charge in [-0.2, -0.15) is 0 Å². The van der Waals surface area contributed by atoms with Crippen molar-refractivity contribution in [1.29, 1.82) is 0 Å². The number of rotatable bonds is 11.